The summed E-state index contributed by atoms with van der Waals surface area (Å²) in [6.07, 6.45) is -2.91. The summed E-state index contributed by atoms with van der Waals surface area (Å²) in [6.45, 7) is 0.313. The summed E-state index contributed by atoms with van der Waals surface area (Å²) in [5.41, 5.74) is 7.47. The fourth-order valence-corrected chi connectivity index (χ4v) is 2.62. The van der Waals surface area contributed by atoms with Crippen molar-refractivity contribution in [3.63, 3.8) is 0 Å². The van der Waals surface area contributed by atoms with Crippen molar-refractivity contribution in [1.82, 2.24) is 9.38 Å². The van der Waals surface area contributed by atoms with Crippen molar-refractivity contribution in [2.45, 2.75) is 12.6 Å². The molecule has 0 saturated carbocycles. The topological polar surface area (TPSA) is 52.5 Å². The van der Waals surface area contributed by atoms with Crippen molar-refractivity contribution in [1.29, 1.82) is 0 Å². The van der Waals surface area contributed by atoms with Gasteiger partial charge < -0.3 is 14.9 Å². The smallest absolute Gasteiger partial charge is 0.417 e. The first-order valence-electron chi connectivity index (χ1n) is 7.36. The molecule has 2 aromatic heterocycles. The highest BCUT2D eigenvalue weighted by atomic mass is 19.4. The van der Waals surface area contributed by atoms with Crippen molar-refractivity contribution in [3.8, 4) is 17.0 Å². The number of hydrogen-bond acceptors (Lipinski definition) is 3. The monoisotopic (exact) mass is 335 g/mol. The minimum atomic E-state index is -4.40. The molecule has 0 saturated heterocycles. The van der Waals surface area contributed by atoms with Crippen molar-refractivity contribution in [3.05, 3.63) is 53.9 Å². The normalized spacial score (nSPS) is 11.9. The van der Waals surface area contributed by atoms with Crippen LogP contribution in [0.5, 0.6) is 5.75 Å². The predicted octanol–water partition coefficient (Wildman–Crippen LogP) is 3.53. The lowest BCUT2D eigenvalue weighted by Crippen LogP contribution is -2.09. The first-order chi connectivity index (χ1) is 11.4. The van der Waals surface area contributed by atoms with Crippen LogP contribution in [0.25, 0.3) is 16.9 Å². The zero-order valence-corrected chi connectivity index (χ0v) is 13.0. The number of alkyl halides is 3. The van der Waals surface area contributed by atoms with E-state index < -0.39 is 11.7 Å². The average Bonchev–Trinajstić information content (AvgIpc) is 2.92. The lowest BCUT2D eigenvalue weighted by Gasteiger charge is -2.09. The Bertz CT molecular complexity index is 854. The van der Waals surface area contributed by atoms with Crippen LogP contribution in [0.15, 0.2) is 42.6 Å². The second kappa shape index (κ2) is 6.16. The Morgan fingerprint density at radius 2 is 1.83 bits per heavy atom. The molecule has 0 fully saturated rings. The molecule has 24 heavy (non-hydrogen) atoms. The standard InChI is InChI=1S/C17H16F3N3O/c1-24-13-5-2-11(3-6-13)16-14(8-9-21)23-10-12(17(18,19)20)4-7-15(23)22-16/h2-7,10H,8-9,21H2,1H3. The van der Waals surface area contributed by atoms with Gasteiger partial charge in [-0.15, -0.1) is 0 Å². The maximum absolute atomic E-state index is 13.0. The van der Waals surface area contributed by atoms with E-state index in [2.05, 4.69) is 4.98 Å². The number of hydrogen-bond donors (Lipinski definition) is 1. The van der Waals surface area contributed by atoms with Crippen molar-refractivity contribution >= 4 is 5.65 Å². The average molecular weight is 335 g/mol. The van der Waals surface area contributed by atoms with Gasteiger partial charge in [0.2, 0.25) is 0 Å². The summed E-state index contributed by atoms with van der Waals surface area (Å²) >= 11 is 0. The Labute approximate surface area is 136 Å². The highest BCUT2D eigenvalue weighted by Gasteiger charge is 2.31. The van der Waals surface area contributed by atoms with Crippen LogP contribution < -0.4 is 10.5 Å². The van der Waals surface area contributed by atoms with Gasteiger partial charge in [-0.05, 0) is 42.9 Å². The fraction of sp³-hybridized carbons (Fsp3) is 0.235. The first-order valence-corrected chi connectivity index (χ1v) is 7.36. The molecule has 1 aromatic carbocycles. The van der Waals surface area contributed by atoms with E-state index in [-0.39, 0.29) is 0 Å². The van der Waals surface area contributed by atoms with Crippen LogP contribution in [0.4, 0.5) is 13.2 Å². The molecular weight excluding hydrogens is 319 g/mol. The number of nitrogens with two attached hydrogens (primary N) is 1. The van der Waals surface area contributed by atoms with Gasteiger partial charge in [0, 0.05) is 18.2 Å². The summed E-state index contributed by atoms with van der Waals surface area (Å²) in [5, 5.41) is 0. The molecule has 2 heterocycles. The maximum Gasteiger partial charge on any atom is 0.417 e. The summed E-state index contributed by atoms with van der Waals surface area (Å²) < 4.78 is 45.5. The summed E-state index contributed by atoms with van der Waals surface area (Å²) in [5.74, 6) is 0.697. The molecular formula is C17H16F3N3O. The number of imidazole rings is 1. The Kier molecular flexibility index (Phi) is 4.19. The molecule has 0 amide bonds. The number of ether oxygens (including phenoxy) is 1. The molecule has 3 rings (SSSR count). The molecule has 0 bridgehead atoms. The minimum Gasteiger partial charge on any atom is -0.497 e. The lowest BCUT2D eigenvalue weighted by molar-refractivity contribution is -0.137. The van der Waals surface area contributed by atoms with Crippen molar-refractivity contribution in [2.24, 2.45) is 5.73 Å². The minimum absolute atomic E-state index is 0.313. The molecule has 3 aromatic rings. The third-order valence-electron chi connectivity index (χ3n) is 3.79. The molecule has 0 aliphatic heterocycles. The third kappa shape index (κ3) is 2.94. The Hall–Kier alpha value is -2.54. The van der Waals surface area contributed by atoms with Crippen LogP contribution in [-0.4, -0.2) is 23.0 Å². The number of rotatable bonds is 4. The highest BCUT2D eigenvalue weighted by molar-refractivity contribution is 5.67. The van der Waals surface area contributed by atoms with E-state index in [0.29, 0.717) is 35.8 Å². The zero-order chi connectivity index (χ0) is 17.3. The lowest BCUT2D eigenvalue weighted by atomic mass is 10.1. The molecule has 0 unspecified atom stereocenters. The summed E-state index contributed by atoms with van der Waals surface area (Å²) in [4.78, 5) is 4.48. The van der Waals surface area contributed by atoms with Crippen LogP contribution in [0.3, 0.4) is 0 Å². The number of aromatic nitrogens is 2. The van der Waals surface area contributed by atoms with Gasteiger partial charge in [-0.2, -0.15) is 13.2 Å². The second-order valence-electron chi connectivity index (χ2n) is 5.32. The number of nitrogens with zero attached hydrogens (tertiary/aromatic N) is 2. The zero-order valence-electron chi connectivity index (χ0n) is 13.0. The van der Waals surface area contributed by atoms with Gasteiger partial charge in [-0.1, -0.05) is 0 Å². The van der Waals surface area contributed by atoms with E-state index in [4.69, 9.17) is 10.5 Å². The number of pyridine rings is 1. The van der Waals surface area contributed by atoms with Gasteiger partial charge in [0.1, 0.15) is 11.4 Å². The quantitative estimate of drug-likeness (QED) is 0.793. The van der Waals surface area contributed by atoms with Crippen LogP contribution in [0.2, 0.25) is 0 Å². The van der Waals surface area contributed by atoms with Gasteiger partial charge in [0.05, 0.1) is 24.1 Å². The van der Waals surface area contributed by atoms with Gasteiger partial charge in [-0.25, -0.2) is 4.98 Å². The maximum atomic E-state index is 13.0. The number of halogens is 3. The number of benzene rings is 1. The first kappa shape index (κ1) is 16.3. The molecule has 0 spiro atoms. The van der Waals surface area contributed by atoms with Gasteiger partial charge in [-0.3, -0.25) is 0 Å². The van der Waals surface area contributed by atoms with Crippen LogP contribution in [0.1, 0.15) is 11.3 Å². The number of fused-ring (bicyclic) bond motifs is 1. The second-order valence-corrected chi connectivity index (χ2v) is 5.32. The molecule has 4 nitrogen and oxygen atoms in total. The SMILES string of the molecule is COc1ccc(-c2nc3ccc(C(F)(F)F)cn3c2CCN)cc1. The fourth-order valence-electron chi connectivity index (χ4n) is 2.62. The van der Waals surface area contributed by atoms with E-state index in [0.717, 1.165) is 17.8 Å². The molecule has 0 aliphatic carbocycles. The van der Waals surface area contributed by atoms with Crippen molar-refractivity contribution < 1.29 is 17.9 Å². The summed E-state index contributed by atoms with van der Waals surface area (Å²) in [7, 11) is 1.57. The predicted molar refractivity (Wildman–Crippen MR) is 84.9 cm³/mol. The molecule has 0 aliphatic rings. The van der Waals surface area contributed by atoms with Crippen LogP contribution >= 0.6 is 0 Å². The molecule has 0 radical (unpaired) electrons. The molecule has 2 N–H and O–H groups in total. The van der Waals surface area contributed by atoms with E-state index >= 15 is 0 Å². The van der Waals surface area contributed by atoms with Crippen LogP contribution in [-0.2, 0) is 12.6 Å². The molecule has 0 atom stereocenters. The summed E-state index contributed by atoms with van der Waals surface area (Å²) in [6, 6.07) is 9.62. The van der Waals surface area contributed by atoms with E-state index in [1.165, 1.54) is 10.5 Å². The number of methoxy groups -OCH3 is 1. The molecule has 7 heteroatoms. The van der Waals surface area contributed by atoms with Gasteiger partial charge >= 0.3 is 6.18 Å². The van der Waals surface area contributed by atoms with Crippen molar-refractivity contribution in [2.75, 3.05) is 13.7 Å². The molecule has 126 valence electrons. The van der Waals surface area contributed by atoms with Crippen LogP contribution in [0, 0.1) is 0 Å². The Morgan fingerprint density at radius 3 is 2.42 bits per heavy atom. The highest BCUT2D eigenvalue weighted by Crippen LogP contribution is 2.32. The van der Waals surface area contributed by atoms with Gasteiger partial charge in [0.25, 0.3) is 0 Å². The van der Waals surface area contributed by atoms with E-state index in [9.17, 15) is 13.2 Å². The van der Waals surface area contributed by atoms with E-state index in [1.807, 2.05) is 12.1 Å². The Balaban J connectivity index is 2.17. The Morgan fingerprint density at radius 1 is 1.12 bits per heavy atom. The third-order valence-corrected chi connectivity index (χ3v) is 3.79. The largest absolute Gasteiger partial charge is 0.497 e. The van der Waals surface area contributed by atoms with Gasteiger partial charge in [0.15, 0.2) is 0 Å². The van der Waals surface area contributed by atoms with E-state index in [1.54, 1.807) is 19.2 Å².